The highest BCUT2D eigenvalue weighted by Gasteiger charge is 2.07. The Balaban J connectivity index is 2.23. The molecular weight excluding hydrogens is 248 g/mol. The van der Waals surface area contributed by atoms with Crippen LogP contribution < -0.4 is 0 Å². The van der Waals surface area contributed by atoms with Crippen LogP contribution in [0.15, 0.2) is 40.6 Å². The molecule has 17 heavy (non-hydrogen) atoms. The van der Waals surface area contributed by atoms with Gasteiger partial charge >= 0.3 is 0 Å². The molecule has 86 valence electrons. The number of aliphatic hydroxyl groups excluding tert-OH is 1. The van der Waals surface area contributed by atoms with Crippen molar-refractivity contribution >= 4 is 24.0 Å². The molecule has 0 bridgehead atoms. The summed E-state index contributed by atoms with van der Waals surface area (Å²) in [6.45, 7) is 1.99. The van der Waals surface area contributed by atoms with Crippen molar-refractivity contribution in [1.82, 2.24) is 0 Å². The highest BCUT2D eigenvalue weighted by Crippen LogP contribution is 2.22. The van der Waals surface area contributed by atoms with Crippen LogP contribution in [0.2, 0.25) is 0 Å². The van der Waals surface area contributed by atoms with Crippen LogP contribution in [0.5, 0.6) is 0 Å². The molecular formula is C14H12OS2. The summed E-state index contributed by atoms with van der Waals surface area (Å²) in [5.74, 6) is 5.78. The van der Waals surface area contributed by atoms with Crippen LogP contribution in [0.4, 0.5) is 0 Å². The quantitative estimate of drug-likeness (QED) is 0.594. The van der Waals surface area contributed by atoms with Crippen molar-refractivity contribution in [3.05, 3.63) is 51.7 Å². The lowest BCUT2D eigenvalue weighted by molar-refractivity contribution is 0.235. The van der Waals surface area contributed by atoms with Crippen LogP contribution in [0.1, 0.15) is 22.1 Å². The van der Waals surface area contributed by atoms with Crippen molar-refractivity contribution in [3.63, 3.8) is 0 Å². The van der Waals surface area contributed by atoms with E-state index in [2.05, 4.69) is 24.5 Å². The van der Waals surface area contributed by atoms with Gasteiger partial charge in [0.1, 0.15) is 6.10 Å². The second-order valence-corrected chi connectivity index (χ2v) is 5.14. The molecule has 0 spiro atoms. The maximum Gasteiger partial charge on any atom is 0.141 e. The summed E-state index contributed by atoms with van der Waals surface area (Å²) in [7, 11) is 0. The van der Waals surface area contributed by atoms with Crippen LogP contribution in [0, 0.1) is 18.8 Å². The van der Waals surface area contributed by atoms with Gasteiger partial charge in [-0.15, -0.1) is 24.0 Å². The molecule has 0 amide bonds. The Morgan fingerprint density at radius 3 is 2.82 bits per heavy atom. The first-order chi connectivity index (χ1) is 8.16. The summed E-state index contributed by atoms with van der Waals surface area (Å²) in [6.07, 6.45) is -0.787. The highest BCUT2D eigenvalue weighted by molar-refractivity contribution is 7.80. The zero-order valence-corrected chi connectivity index (χ0v) is 11.1. The summed E-state index contributed by atoms with van der Waals surface area (Å²) in [6, 6.07) is 9.61. The second-order valence-electron chi connectivity index (χ2n) is 3.71. The zero-order valence-electron chi connectivity index (χ0n) is 9.34. The van der Waals surface area contributed by atoms with Gasteiger partial charge in [0, 0.05) is 10.5 Å². The van der Waals surface area contributed by atoms with Crippen molar-refractivity contribution in [3.8, 4) is 11.8 Å². The minimum Gasteiger partial charge on any atom is -0.376 e. The van der Waals surface area contributed by atoms with E-state index in [1.807, 2.05) is 42.6 Å². The van der Waals surface area contributed by atoms with E-state index in [1.54, 1.807) is 11.3 Å². The van der Waals surface area contributed by atoms with E-state index in [0.29, 0.717) is 0 Å². The number of hydrogen-bond acceptors (Lipinski definition) is 3. The molecule has 1 heterocycles. The van der Waals surface area contributed by atoms with E-state index < -0.39 is 6.10 Å². The molecule has 3 heteroatoms. The lowest BCUT2D eigenvalue weighted by Gasteiger charge is -2.07. The van der Waals surface area contributed by atoms with Gasteiger partial charge in [-0.25, -0.2) is 0 Å². The van der Waals surface area contributed by atoms with Crippen molar-refractivity contribution in [2.45, 2.75) is 17.9 Å². The van der Waals surface area contributed by atoms with E-state index in [4.69, 9.17) is 0 Å². The standard InChI is InChI=1S/C14H12OS2/c1-10-4-6-12(14(16)9-10)13(15)7-5-11-3-2-8-17-11/h2-4,6,8-9,13,15-16H,1H3. The van der Waals surface area contributed by atoms with Crippen molar-refractivity contribution in [2.75, 3.05) is 0 Å². The number of thiophene rings is 1. The number of rotatable bonds is 1. The number of thiol groups is 1. The Kier molecular flexibility index (Phi) is 3.90. The molecule has 1 unspecified atom stereocenters. The van der Waals surface area contributed by atoms with Crippen molar-refractivity contribution in [1.29, 1.82) is 0 Å². The monoisotopic (exact) mass is 260 g/mol. The summed E-state index contributed by atoms with van der Waals surface area (Å²) in [4.78, 5) is 1.73. The van der Waals surface area contributed by atoms with Crippen molar-refractivity contribution in [2.24, 2.45) is 0 Å². The SMILES string of the molecule is Cc1ccc(C(O)C#Cc2cccs2)c(S)c1. The minimum absolute atomic E-state index is 0.753. The third kappa shape index (κ3) is 3.13. The molecule has 0 radical (unpaired) electrons. The van der Waals surface area contributed by atoms with Gasteiger partial charge in [-0.05, 0) is 24.4 Å². The third-order valence-electron chi connectivity index (χ3n) is 2.33. The highest BCUT2D eigenvalue weighted by atomic mass is 32.1. The Morgan fingerprint density at radius 1 is 1.35 bits per heavy atom. The molecule has 0 fully saturated rings. The van der Waals surface area contributed by atoms with Crippen molar-refractivity contribution < 1.29 is 5.11 Å². The van der Waals surface area contributed by atoms with E-state index >= 15 is 0 Å². The Labute approximate surface area is 111 Å². The van der Waals surface area contributed by atoms with Gasteiger partial charge in [0.05, 0.1) is 4.88 Å². The topological polar surface area (TPSA) is 20.2 Å². The second kappa shape index (κ2) is 5.42. The first-order valence-electron chi connectivity index (χ1n) is 5.19. The molecule has 1 atom stereocenters. The average Bonchev–Trinajstić information content (AvgIpc) is 2.78. The molecule has 0 saturated heterocycles. The first kappa shape index (κ1) is 12.3. The van der Waals surface area contributed by atoms with Crippen LogP contribution in [0.3, 0.4) is 0 Å². The minimum atomic E-state index is -0.787. The number of aryl methyl sites for hydroxylation is 1. The lowest BCUT2D eigenvalue weighted by atomic mass is 10.1. The smallest absolute Gasteiger partial charge is 0.141 e. The predicted octanol–water partition coefficient (Wildman–Crippen LogP) is 3.43. The van der Waals surface area contributed by atoms with E-state index in [-0.39, 0.29) is 0 Å². The maximum absolute atomic E-state index is 9.97. The number of hydrogen-bond donors (Lipinski definition) is 2. The lowest BCUT2D eigenvalue weighted by Crippen LogP contribution is -1.95. The van der Waals surface area contributed by atoms with Gasteiger partial charge in [0.2, 0.25) is 0 Å². The van der Waals surface area contributed by atoms with E-state index in [1.165, 1.54) is 0 Å². The molecule has 2 rings (SSSR count). The number of aliphatic hydroxyl groups is 1. The van der Waals surface area contributed by atoms with Crippen LogP contribution in [-0.4, -0.2) is 5.11 Å². The Hall–Kier alpha value is -1.21. The average molecular weight is 260 g/mol. The van der Waals surface area contributed by atoms with E-state index in [0.717, 1.165) is 20.9 Å². The molecule has 0 aliphatic rings. The fourth-order valence-corrected chi connectivity index (χ4v) is 2.43. The van der Waals surface area contributed by atoms with E-state index in [9.17, 15) is 5.11 Å². The largest absolute Gasteiger partial charge is 0.376 e. The van der Waals surface area contributed by atoms with Crippen LogP contribution in [-0.2, 0) is 0 Å². The molecule has 0 aliphatic carbocycles. The van der Waals surface area contributed by atoms with Gasteiger partial charge in [-0.2, -0.15) is 0 Å². The van der Waals surface area contributed by atoms with Crippen LogP contribution >= 0.6 is 24.0 Å². The van der Waals surface area contributed by atoms with Crippen LogP contribution in [0.25, 0.3) is 0 Å². The number of benzene rings is 1. The zero-order chi connectivity index (χ0) is 12.3. The summed E-state index contributed by atoms with van der Waals surface area (Å²) in [5.41, 5.74) is 1.88. The van der Waals surface area contributed by atoms with Gasteiger partial charge in [-0.1, -0.05) is 35.6 Å². The fraction of sp³-hybridized carbons (Fsp3) is 0.143. The molecule has 1 aromatic carbocycles. The fourth-order valence-electron chi connectivity index (χ4n) is 1.45. The summed E-state index contributed by atoms with van der Waals surface area (Å²) in [5, 5.41) is 11.9. The molecule has 1 aromatic heterocycles. The van der Waals surface area contributed by atoms with Gasteiger partial charge < -0.3 is 5.11 Å². The molecule has 2 aromatic rings. The van der Waals surface area contributed by atoms with Gasteiger partial charge in [-0.3, -0.25) is 0 Å². The summed E-state index contributed by atoms with van der Waals surface area (Å²) >= 11 is 5.91. The molecule has 1 N–H and O–H groups in total. The Morgan fingerprint density at radius 2 is 2.18 bits per heavy atom. The van der Waals surface area contributed by atoms with Gasteiger partial charge in [0.25, 0.3) is 0 Å². The molecule has 0 saturated carbocycles. The normalized spacial score (nSPS) is 11.7. The third-order valence-corrected chi connectivity index (χ3v) is 3.51. The molecule has 0 aliphatic heterocycles. The molecule has 1 nitrogen and oxygen atoms in total. The summed E-state index contributed by atoms with van der Waals surface area (Å²) < 4.78 is 0. The Bertz CT molecular complexity index is 562. The first-order valence-corrected chi connectivity index (χ1v) is 6.52. The maximum atomic E-state index is 9.97. The van der Waals surface area contributed by atoms with Gasteiger partial charge in [0.15, 0.2) is 0 Å². The predicted molar refractivity (Wildman–Crippen MR) is 74.6 cm³/mol.